The van der Waals surface area contributed by atoms with Crippen LogP contribution in [0, 0.1) is 0 Å². The molecule has 1 saturated heterocycles. The molecule has 140 valence electrons. The second-order valence-electron chi connectivity index (χ2n) is 6.18. The van der Waals surface area contributed by atoms with Gasteiger partial charge in [0.15, 0.2) is 11.5 Å². The van der Waals surface area contributed by atoms with Crippen LogP contribution in [0.3, 0.4) is 0 Å². The van der Waals surface area contributed by atoms with Crippen molar-refractivity contribution in [2.45, 2.75) is 19.4 Å². The third-order valence-electron chi connectivity index (χ3n) is 4.54. The zero-order valence-corrected chi connectivity index (χ0v) is 15.4. The molecule has 0 saturated carbocycles. The zero-order valence-electron chi connectivity index (χ0n) is 15.4. The molecule has 0 radical (unpaired) electrons. The van der Waals surface area contributed by atoms with Crippen molar-refractivity contribution in [3.05, 3.63) is 17.7 Å². The third kappa shape index (κ3) is 5.24. The van der Waals surface area contributed by atoms with E-state index < -0.39 is 0 Å². The molecule has 25 heavy (non-hydrogen) atoms. The van der Waals surface area contributed by atoms with Gasteiger partial charge in [-0.3, -0.25) is 9.69 Å². The molecule has 1 aliphatic heterocycles. The Balaban J connectivity index is 1.92. The standard InChI is InChI=1S/C18H29N3O4/c1-23-15-7-6-14(17(24-2)18(15)25-3)13-21-11-9-20(10-12-21)8-4-5-16(19)22/h6-7H,4-5,8-13H2,1-3H3,(H2,19,22). The number of primary amides is 1. The van der Waals surface area contributed by atoms with E-state index in [1.54, 1.807) is 21.3 Å². The van der Waals surface area contributed by atoms with Crippen LogP contribution in [0.15, 0.2) is 12.1 Å². The van der Waals surface area contributed by atoms with Gasteiger partial charge < -0.3 is 24.8 Å². The van der Waals surface area contributed by atoms with Crippen molar-refractivity contribution in [1.82, 2.24) is 9.80 Å². The lowest BCUT2D eigenvalue weighted by Gasteiger charge is -2.35. The van der Waals surface area contributed by atoms with Crippen molar-refractivity contribution in [2.75, 3.05) is 54.1 Å². The summed E-state index contributed by atoms with van der Waals surface area (Å²) in [5.74, 6) is 1.81. The van der Waals surface area contributed by atoms with Crippen LogP contribution in [0.1, 0.15) is 18.4 Å². The minimum Gasteiger partial charge on any atom is -0.493 e. The summed E-state index contributed by atoms with van der Waals surface area (Å²) in [5.41, 5.74) is 6.28. The molecule has 0 aliphatic carbocycles. The van der Waals surface area contributed by atoms with Crippen molar-refractivity contribution in [1.29, 1.82) is 0 Å². The number of nitrogens with zero attached hydrogens (tertiary/aromatic N) is 2. The molecule has 1 amide bonds. The van der Waals surface area contributed by atoms with Crippen molar-refractivity contribution >= 4 is 5.91 Å². The first-order valence-corrected chi connectivity index (χ1v) is 8.60. The first-order chi connectivity index (χ1) is 12.1. The summed E-state index contributed by atoms with van der Waals surface area (Å²) in [6, 6.07) is 3.94. The van der Waals surface area contributed by atoms with Crippen LogP contribution < -0.4 is 19.9 Å². The molecule has 0 bridgehead atoms. The number of ether oxygens (including phenoxy) is 3. The van der Waals surface area contributed by atoms with E-state index >= 15 is 0 Å². The molecule has 1 fully saturated rings. The topological polar surface area (TPSA) is 77.3 Å². The second-order valence-corrected chi connectivity index (χ2v) is 6.18. The molecule has 0 unspecified atom stereocenters. The van der Waals surface area contributed by atoms with E-state index in [-0.39, 0.29) is 5.91 Å². The number of piperazine rings is 1. The lowest BCUT2D eigenvalue weighted by molar-refractivity contribution is -0.118. The molecule has 0 aromatic heterocycles. The molecule has 1 heterocycles. The van der Waals surface area contributed by atoms with E-state index in [0.717, 1.165) is 57.0 Å². The summed E-state index contributed by atoms with van der Waals surface area (Å²) in [6.45, 7) is 5.68. The maximum absolute atomic E-state index is 10.8. The number of nitrogens with two attached hydrogens (primary N) is 1. The Morgan fingerprint density at radius 1 is 1.00 bits per heavy atom. The Hall–Kier alpha value is -1.99. The summed E-state index contributed by atoms with van der Waals surface area (Å²) in [4.78, 5) is 15.6. The van der Waals surface area contributed by atoms with E-state index in [9.17, 15) is 4.79 Å². The molecule has 2 N–H and O–H groups in total. The van der Waals surface area contributed by atoms with E-state index in [4.69, 9.17) is 19.9 Å². The quantitative estimate of drug-likeness (QED) is 0.718. The maximum atomic E-state index is 10.8. The Labute approximate surface area is 149 Å². The molecular weight excluding hydrogens is 322 g/mol. The fourth-order valence-corrected chi connectivity index (χ4v) is 3.18. The molecule has 1 aromatic rings. The van der Waals surface area contributed by atoms with Crippen molar-refractivity contribution in [3.63, 3.8) is 0 Å². The predicted molar refractivity (Wildman–Crippen MR) is 96.2 cm³/mol. The van der Waals surface area contributed by atoms with Gasteiger partial charge in [0.05, 0.1) is 21.3 Å². The van der Waals surface area contributed by atoms with Crippen LogP contribution in [-0.2, 0) is 11.3 Å². The van der Waals surface area contributed by atoms with Crippen LogP contribution in [-0.4, -0.2) is 69.8 Å². The number of hydrogen-bond donors (Lipinski definition) is 1. The minimum absolute atomic E-state index is 0.223. The molecule has 1 aliphatic rings. The van der Waals surface area contributed by atoms with E-state index in [2.05, 4.69) is 9.80 Å². The van der Waals surface area contributed by atoms with Gasteiger partial charge in [0.1, 0.15) is 0 Å². The number of rotatable bonds is 9. The number of amides is 1. The highest BCUT2D eigenvalue weighted by Crippen LogP contribution is 2.40. The smallest absolute Gasteiger partial charge is 0.217 e. The van der Waals surface area contributed by atoms with Crippen LogP contribution in [0.5, 0.6) is 17.2 Å². The van der Waals surface area contributed by atoms with Gasteiger partial charge in [-0.15, -0.1) is 0 Å². The van der Waals surface area contributed by atoms with Crippen molar-refractivity contribution in [2.24, 2.45) is 5.73 Å². The number of hydrogen-bond acceptors (Lipinski definition) is 6. The second kappa shape index (κ2) is 9.48. The van der Waals surface area contributed by atoms with Crippen LogP contribution in [0.2, 0.25) is 0 Å². The average molecular weight is 351 g/mol. The lowest BCUT2D eigenvalue weighted by Crippen LogP contribution is -2.46. The first kappa shape index (κ1) is 19.3. The number of carbonyl (C=O) groups excluding carboxylic acids is 1. The maximum Gasteiger partial charge on any atom is 0.217 e. The summed E-state index contributed by atoms with van der Waals surface area (Å²) < 4.78 is 16.4. The summed E-state index contributed by atoms with van der Waals surface area (Å²) in [7, 11) is 4.89. The Kier molecular flexibility index (Phi) is 7.33. The van der Waals surface area contributed by atoms with E-state index in [1.165, 1.54) is 0 Å². The van der Waals surface area contributed by atoms with Gasteiger partial charge in [-0.2, -0.15) is 0 Å². The molecule has 2 rings (SSSR count). The third-order valence-corrected chi connectivity index (χ3v) is 4.54. The van der Waals surface area contributed by atoms with Crippen molar-refractivity contribution in [3.8, 4) is 17.2 Å². The van der Waals surface area contributed by atoms with Crippen LogP contribution in [0.25, 0.3) is 0 Å². The SMILES string of the molecule is COc1ccc(CN2CCN(CCCC(N)=O)CC2)c(OC)c1OC. The highest BCUT2D eigenvalue weighted by atomic mass is 16.5. The van der Waals surface area contributed by atoms with Crippen molar-refractivity contribution < 1.29 is 19.0 Å². The zero-order chi connectivity index (χ0) is 18.2. The van der Waals surface area contributed by atoms with Gasteiger partial charge in [0.25, 0.3) is 0 Å². The average Bonchev–Trinajstić information content (AvgIpc) is 2.62. The van der Waals surface area contributed by atoms with E-state index in [0.29, 0.717) is 17.9 Å². The first-order valence-electron chi connectivity index (χ1n) is 8.60. The molecule has 1 aromatic carbocycles. The number of methoxy groups -OCH3 is 3. The lowest BCUT2D eigenvalue weighted by atomic mass is 10.1. The van der Waals surface area contributed by atoms with Gasteiger partial charge >= 0.3 is 0 Å². The fourth-order valence-electron chi connectivity index (χ4n) is 3.18. The molecule has 0 spiro atoms. The van der Waals surface area contributed by atoms with Gasteiger partial charge in [-0.25, -0.2) is 0 Å². The number of benzene rings is 1. The number of carbonyl (C=O) groups is 1. The molecule has 7 heteroatoms. The molecule has 7 nitrogen and oxygen atoms in total. The Bertz CT molecular complexity index is 572. The summed E-state index contributed by atoms with van der Waals surface area (Å²) >= 11 is 0. The summed E-state index contributed by atoms with van der Waals surface area (Å²) in [5, 5.41) is 0. The minimum atomic E-state index is -0.223. The Morgan fingerprint density at radius 3 is 2.20 bits per heavy atom. The van der Waals surface area contributed by atoms with Gasteiger partial charge in [0.2, 0.25) is 11.7 Å². The largest absolute Gasteiger partial charge is 0.493 e. The highest BCUT2D eigenvalue weighted by Gasteiger charge is 2.21. The molecular formula is C18H29N3O4. The highest BCUT2D eigenvalue weighted by molar-refractivity contribution is 5.73. The van der Waals surface area contributed by atoms with Gasteiger partial charge in [-0.1, -0.05) is 6.07 Å². The van der Waals surface area contributed by atoms with E-state index in [1.807, 2.05) is 12.1 Å². The van der Waals surface area contributed by atoms with Crippen LogP contribution >= 0.6 is 0 Å². The Morgan fingerprint density at radius 2 is 1.64 bits per heavy atom. The fraction of sp³-hybridized carbons (Fsp3) is 0.611. The molecule has 0 atom stereocenters. The predicted octanol–water partition coefficient (Wildman–Crippen LogP) is 1.10. The normalized spacial score (nSPS) is 15.8. The van der Waals surface area contributed by atoms with Crippen LogP contribution in [0.4, 0.5) is 0 Å². The van der Waals surface area contributed by atoms with Gasteiger partial charge in [-0.05, 0) is 19.0 Å². The summed E-state index contributed by atoms with van der Waals surface area (Å²) in [6.07, 6.45) is 1.29. The monoisotopic (exact) mass is 351 g/mol. The van der Waals surface area contributed by atoms with Gasteiger partial charge in [0, 0.05) is 44.7 Å².